The third-order valence-electron chi connectivity index (χ3n) is 3.36. The summed E-state index contributed by atoms with van der Waals surface area (Å²) in [6.07, 6.45) is 0. The monoisotopic (exact) mass is 292 g/mol. The van der Waals surface area contributed by atoms with Crippen LogP contribution in [0, 0.1) is 0 Å². The van der Waals surface area contributed by atoms with Gasteiger partial charge in [-0.1, -0.05) is 30.3 Å². The number of rotatable bonds is 3. The summed E-state index contributed by atoms with van der Waals surface area (Å²) in [5.41, 5.74) is 1.46. The van der Waals surface area contributed by atoms with E-state index in [0.29, 0.717) is 5.69 Å². The van der Waals surface area contributed by atoms with E-state index in [2.05, 4.69) is 10.6 Å². The van der Waals surface area contributed by atoms with Crippen molar-refractivity contribution < 1.29 is 9.53 Å². The predicted octanol–water partition coefficient (Wildman–Crippen LogP) is 4.49. The molecule has 3 aromatic rings. The van der Waals surface area contributed by atoms with E-state index >= 15 is 0 Å². The Bertz CT molecular complexity index is 798. The van der Waals surface area contributed by atoms with Crippen LogP contribution < -0.4 is 15.4 Å². The van der Waals surface area contributed by atoms with Crippen LogP contribution in [-0.2, 0) is 0 Å². The van der Waals surface area contributed by atoms with E-state index in [9.17, 15) is 4.79 Å². The van der Waals surface area contributed by atoms with Crippen LogP contribution in [-0.4, -0.2) is 13.1 Å². The Kier molecular flexibility index (Phi) is 3.92. The minimum absolute atomic E-state index is 0.277. The molecule has 3 rings (SSSR count). The Labute approximate surface area is 128 Å². The summed E-state index contributed by atoms with van der Waals surface area (Å²) in [6.45, 7) is 0. The Balaban J connectivity index is 1.69. The van der Waals surface area contributed by atoms with Crippen molar-refractivity contribution in [1.29, 1.82) is 0 Å². The summed E-state index contributed by atoms with van der Waals surface area (Å²) in [6, 6.07) is 20.7. The van der Waals surface area contributed by atoms with Crippen LogP contribution >= 0.6 is 0 Å². The lowest BCUT2D eigenvalue weighted by atomic mass is 10.1. The molecule has 2 N–H and O–H groups in total. The topological polar surface area (TPSA) is 50.4 Å². The summed E-state index contributed by atoms with van der Waals surface area (Å²) >= 11 is 0. The summed E-state index contributed by atoms with van der Waals surface area (Å²) < 4.78 is 5.08. The Morgan fingerprint density at radius 1 is 0.818 bits per heavy atom. The smallest absolute Gasteiger partial charge is 0.323 e. The van der Waals surface area contributed by atoms with Gasteiger partial charge in [-0.05, 0) is 47.2 Å². The quantitative estimate of drug-likeness (QED) is 0.747. The first kappa shape index (κ1) is 13.9. The number of carbonyl (C=O) groups is 1. The van der Waals surface area contributed by atoms with Crippen LogP contribution in [0.5, 0.6) is 5.75 Å². The molecule has 22 heavy (non-hydrogen) atoms. The number of urea groups is 1. The van der Waals surface area contributed by atoms with E-state index in [-0.39, 0.29) is 6.03 Å². The van der Waals surface area contributed by atoms with E-state index in [1.165, 1.54) is 0 Å². The van der Waals surface area contributed by atoms with Crippen molar-refractivity contribution in [3.63, 3.8) is 0 Å². The molecule has 110 valence electrons. The van der Waals surface area contributed by atoms with Crippen molar-refractivity contribution in [3.8, 4) is 5.75 Å². The second-order valence-corrected chi connectivity index (χ2v) is 4.87. The molecule has 0 heterocycles. The number of methoxy groups -OCH3 is 1. The van der Waals surface area contributed by atoms with Crippen molar-refractivity contribution in [1.82, 2.24) is 0 Å². The molecular formula is C18H16N2O2. The van der Waals surface area contributed by atoms with Gasteiger partial charge in [-0.2, -0.15) is 0 Å². The fraction of sp³-hybridized carbons (Fsp3) is 0.0556. The second kappa shape index (κ2) is 6.18. The molecule has 0 radical (unpaired) electrons. The Morgan fingerprint density at radius 2 is 1.45 bits per heavy atom. The molecule has 0 saturated carbocycles. The van der Waals surface area contributed by atoms with Crippen molar-refractivity contribution in [2.24, 2.45) is 0 Å². The number of ether oxygens (including phenoxy) is 1. The minimum Gasteiger partial charge on any atom is -0.497 e. The number of nitrogens with one attached hydrogen (secondary N) is 2. The maximum absolute atomic E-state index is 12.0. The first-order chi connectivity index (χ1) is 10.7. The summed E-state index contributed by atoms with van der Waals surface area (Å²) in [5, 5.41) is 7.84. The predicted molar refractivity (Wildman–Crippen MR) is 89.6 cm³/mol. The zero-order valence-electron chi connectivity index (χ0n) is 12.2. The van der Waals surface area contributed by atoms with Gasteiger partial charge in [0.25, 0.3) is 0 Å². The van der Waals surface area contributed by atoms with Gasteiger partial charge in [0.05, 0.1) is 7.11 Å². The number of hydrogen-bond acceptors (Lipinski definition) is 2. The van der Waals surface area contributed by atoms with Gasteiger partial charge in [-0.15, -0.1) is 0 Å². The first-order valence-corrected chi connectivity index (χ1v) is 6.95. The van der Waals surface area contributed by atoms with Gasteiger partial charge < -0.3 is 15.4 Å². The summed E-state index contributed by atoms with van der Waals surface area (Å²) in [7, 11) is 1.61. The van der Waals surface area contributed by atoms with Gasteiger partial charge in [-0.3, -0.25) is 0 Å². The standard InChI is InChI=1S/C18H16N2O2/c1-22-17-10-8-15(9-11-17)19-18(21)20-16-7-6-13-4-2-3-5-14(13)12-16/h2-12H,1H3,(H2,19,20,21). The van der Waals surface area contributed by atoms with Gasteiger partial charge >= 0.3 is 6.03 Å². The molecule has 0 bridgehead atoms. The van der Waals surface area contributed by atoms with Crippen molar-refractivity contribution in [2.45, 2.75) is 0 Å². The second-order valence-electron chi connectivity index (χ2n) is 4.87. The van der Waals surface area contributed by atoms with E-state index in [4.69, 9.17) is 4.74 Å². The van der Waals surface area contributed by atoms with Crippen molar-refractivity contribution in [3.05, 3.63) is 66.7 Å². The molecule has 0 aliphatic rings. The number of amides is 2. The zero-order valence-corrected chi connectivity index (χ0v) is 12.2. The van der Waals surface area contributed by atoms with Crippen LogP contribution in [0.15, 0.2) is 66.7 Å². The average molecular weight is 292 g/mol. The lowest BCUT2D eigenvalue weighted by molar-refractivity contribution is 0.262. The normalized spacial score (nSPS) is 10.2. The van der Waals surface area contributed by atoms with Crippen molar-refractivity contribution in [2.75, 3.05) is 17.7 Å². The summed E-state index contributed by atoms with van der Waals surface area (Å²) in [4.78, 5) is 12.0. The van der Waals surface area contributed by atoms with Crippen LogP contribution in [0.1, 0.15) is 0 Å². The van der Waals surface area contributed by atoms with E-state index in [1.54, 1.807) is 31.4 Å². The molecule has 0 aliphatic carbocycles. The molecule has 0 spiro atoms. The van der Waals surface area contributed by atoms with Gasteiger partial charge in [0.15, 0.2) is 0 Å². The van der Waals surface area contributed by atoms with Gasteiger partial charge in [0.2, 0.25) is 0 Å². The first-order valence-electron chi connectivity index (χ1n) is 6.95. The number of carbonyl (C=O) groups excluding carboxylic acids is 1. The average Bonchev–Trinajstić information content (AvgIpc) is 2.55. The third kappa shape index (κ3) is 3.17. The highest BCUT2D eigenvalue weighted by Gasteiger charge is 2.03. The highest BCUT2D eigenvalue weighted by atomic mass is 16.5. The Morgan fingerprint density at radius 3 is 2.18 bits per heavy atom. The molecular weight excluding hydrogens is 276 g/mol. The highest BCUT2D eigenvalue weighted by molar-refractivity contribution is 6.01. The van der Waals surface area contributed by atoms with Crippen molar-refractivity contribution >= 4 is 28.2 Å². The third-order valence-corrected chi connectivity index (χ3v) is 3.36. The molecule has 0 aromatic heterocycles. The summed E-state index contributed by atoms with van der Waals surface area (Å²) in [5.74, 6) is 0.750. The number of benzene rings is 3. The van der Waals surface area contributed by atoms with E-state index in [1.807, 2.05) is 42.5 Å². The maximum atomic E-state index is 12.0. The molecule has 4 nitrogen and oxygen atoms in total. The van der Waals surface area contributed by atoms with Gasteiger partial charge in [-0.25, -0.2) is 4.79 Å². The van der Waals surface area contributed by atoms with Crippen LogP contribution in [0.25, 0.3) is 10.8 Å². The number of fused-ring (bicyclic) bond motifs is 1. The van der Waals surface area contributed by atoms with Crippen LogP contribution in [0.3, 0.4) is 0 Å². The molecule has 0 unspecified atom stereocenters. The molecule has 3 aromatic carbocycles. The fourth-order valence-electron chi connectivity index (χ4n) is 2.23. The number of hydrogen-bond donors (Lipinski definition) is 2. The molecule has 0 fully saturated rings. The molecule has 0 atom stereocenters. The zero-order chi connectivity index (χ0) is 15.4. The van der Waals surface area contributed by atoms with Crippen LogP contribution in [0.2, 0.25) is 0 Å². The molecule has 4 heteroatoms. The van der Waals surface area contributed by atoms with Gasteiger partial charge in [0, 0.05) is 11.4 Å². The fourth-order valence-corrected chi connectivity index (χ4v) is 2.23. The number of anilines is 2. The SMILES string of the molecule is COc1ccc(NC(=O)Nc2ccc3ccccc3c2)cc1. The molecule has 2 amide bonds. The highest BCUT2D eigenvalue weighted by Crippen LogP contribution is 2.19. The lowest BCUT2D eigenvalue weighted by Gasteiger charge is -2.09. The lowest BCUT2D eigenvalue weighted by Crippen LogP contribution is -2.19. The molecule has 0 aliphatic heterocycles. The largest absolute Gasteiger partial charge is 0.497 e. The maximum Gasteiger partial charge on any atom is 0.323 e. The van der Waals surface area contributed by atoms with E-state index < -0.39 is 0 Å². The van der Waals surface area contributed by atoms with E-state index in [0.717, 1.165) is 22.2 Å². The minimum atomic E-state index is -0.277. The Hall–Kier alpha value is -3.01. The van der Waals surface area contributed by atoms with Crippen LogP contribution in [0.4, 0.5) is 16.2 Å². The van der Waals surface area contributed by atoms with Gasteiger partial charge in [0.1, 0.15) is 5.75 Å². The molecule has 0 saturated heterocycles.